The number of carbonyl (C=O) groups excluding carboxylic acids is 10. The lowest BCUT2D eigenvalue weighted by Gasteiger charge is -2.26. The summed E-state index contributed by atoms with van der Waals surface area (Å²) in [5.41, 5.74) is -1.37. The van der Waals surface area contributed by atoms with Crippen molar-refractivity contribution < 1.29 is 155 Å². The van der Waals surface area contributed by atoms with Crippen LogP contribution in [0.15, 0.2) is 0 Å². The van der Waals surface area contributed by atoms with Crippen LogP contribution in [0.4, 0.5) is 0 Å². The van der Waals surface area contributed by atoms with Crippen molar-refractivity contribution in [1.29, 1.82) is 0 Å². The minimum Gasteiger partial charge on any atom is -0.481 e. The highest BCUT2D eigenvalue weighted by atomic mass is 16.6. The van der Waals surface area contributed by atoms with Gasteiger partial charge >= 0.3 is 95.5 Å². The molecule has 0 aromatic carbocycles. The molecular weight excluding hydrogens is 1630 g/mol. The van der Waals surface area contributed by atoms with Gasteiger partial charge in [-0.15, -0.1) is 0 Å². The van der Waals surface area contributed by atoms with Crippen molar-refractivity contribution in [3.05, 3.63) is 0 Å². The van der Waals surface area contributed by atoms with Crippen LogP contribution < -0.4 is 0 Å². The fourth-order valence-electron chi connectivity index (χ4n) is 11.4. The van der Waals surface area contributed by atoms with Gasteiger partial charge in [0.25, 0.3) is 0 Å². The fraction of sp³-hybridized carbons (Fsp3) is 0.828. The molecule has 7 atom stereocenters. The third-order valence-electron chi connectivity index (χ3n) is 21.9. The molecule has 0 aromatic heterocycles. The highest BCUT2D eigenvalue weighted by Crippen LogP contribution is 2.33. The molecule has 0 radical (unpaired) electrons. The number of rotatable bonds is 62. The molecule has 6 N–H and O–H groups in total. The molecule has 0 amide bonds. The van der Waals surface area contributed by atoms with Crippen LogP contribution in [0.1, 0.15) is 374 Å². The summed E-state index contributed by atoms with van der Waals surface area (Å²) in [7, 11) is 0. The van der Waals surface area contributed by atoms with Gasteiger partial charge in [-0.3, -0.25) is 76.7 Å². The second-order valence-electron chi connectivity index (χ2n) is 33.9. The highest BCUT2D eigenvalue weighted by Gasteiger charge is 2.39. The smallest absolute Gasteiger partial charge is 0.311 e. The van der Waals surface area contributed by atoms with Crippen molar-refractivity contribution >= 4 is 95.5 Å². The molecule has 726 valence electrons. The third-order valence-corrected chi connectivity index (χ3v) is 21.9. The molecule has 2 fully saturated rings. The van der Waals surface area contributed by atoms with Crippen molar-refractivity contribution in [3.8, 4) is 0 Å². The van der Waals surface area contributed by atoms with Crippen molar-refractivity contribution in [2.24, 2.45) is 57.7 Å². The first-order chi connectivity index (χ1) is 59.0. The molecular formula is C93H162O32. The maximum Gasteiger partial charge on any atom is 0.311 e. The van der Waals surface area contributed by atoms with Gasteiger partial charge in [0.1, 0.15) is 26.4 Å². The first-order valence-electron chi connectivity index (χ1n) is 46.0. The molecule has 2 saturated carbocycles. The van der Waals surface area contributed by atoms with Crippen LogP contribution in [0.3, 0.4) is 0 Å². The van der Waals surface area contributed by atoms with Crippen LogP contribution in [-0.4, -0.2) is 192 Å². The van der Waals surface area contributed by atoms with Crippen LogP contribution in [0, 0.1) is 57.7 Å². The number of carboxylic acids is 6. The number of hydrogen-bond donors (Lipinski definition) is 6. The van der Waals surface area contributed by atoms with E-state index in [9.17, 15) is 76.7 Å². The zero-order valence-corrected chi connectivity index (χ0v) is 78.6. The van der Waals surface area contributed by atoms with Crippen molar-refractivity contribution in [3.63, 3.8) is 0 Å². The lowest BCUT2D eigenvalue weighted by atomic mass is 9.79. The average Bonchev–Trinajstić information content (AvgIpc) is 0.851. The van der Waals surface area contributed by atoms with E-state index in [0.29, 0.717) is 130 Å². The Morgan fingerprint density at radius 1 is 0.256 bits per heavy atom. The maximum atomic E-state index is 12.0. The summed E-state index contributed by atoms with van der Waals surface area (Å²) in [6, 6.07) is 0. The second-order valence-corrected chi connectivity index (χ2v) is 33.9. The zero-order valence-electron chi connectivity index (χ0n) is 78.6. The summed E-state index contributed by atoms with van der Waals surface area (Å²) < 4.78 is 51.0. The molecule has 125 heavy (non-hydrogen) atoms. The van der Waals surface area contributed by atoms with E-state index in [1.165, 1.54) is 0 Å². The quantitative estimate of drug-likeness (QED) is 0.0187. The molecule has 0 aromatic rings. The zero-order chi connectivity index (χ0) is 95.6. The molecule has 7 unspecified atom stereocenters. The summed E-state index contributed by atoms with van der Waals surface area (Å²) in [5, 5.41) is 52.1. The van der Waals surface area contributed by atoms with E-state index in [1.54, 1.807) is 20.8 Å². The van der Waals surface area contributed by atoms with Crippen molar-refractivity contribution in [2.45, 2.75) is 374 Å². The van der Waals surface area contributed by atoms with Crippen LogP contribution in [0.2, 0.25) is 0 Å². The Labute approximate surface area is 744 Å². The van der Waals surface area contributed by atoms with E-state index in [1.807, 2.05) is 83.1 Å². The minimum absolute atomic E-state index is 0.00153. The Hall–Kier alpha value is -8.48. The van der Waals surface area contributed by atoms with E-state index in [4.69, 9.17) is 78.0 Å². The highest BCUT2D eigenvalue weighted by molar-refractivity contribution is 5.83. The third kappa shape index (κ3) is 69.3. The van der Waals surface area contributed by atoms with Crippen molar-refractivity contribution in [2.75, 3.05) is 66.1 Å². The van der Waals surface area contributed by atoms with Gasteiger partial charge < -0.3 is 78.0 Å². The van der Waals surface area contributed by atoms with E-state index in [-0.39, 0.29) is 118 Å². The second kappa shape index (κ2) is 76.7. The van der Waals surface area contributed by atoms with Gasteiger partial charge in [0, 0.05) is 38.5 Å². The van der Waals surface area contributed by atoms with Crippen LogP contribution in [-0.2, 0) is 124 Å². The summed E-state index contributed by atoms with van der Waals surface area (Å²) in [5.74, 6) is -10.3. The van der Waals surface area contributed by atoms with Crippen LogP contribution >= 0.6 is 0 Å². The number of esters is 10. The van der Waals surface area contributed by atoms with Gasteiger partial charge in [-0.2, -0.15) is 0 Å². The minimum atomic E-state index is -0.947. The van der Waals surface area contributed by atoms with E-state index >= 15 is 0 Å². The number of unbranched alkanes of at least 4 members (excludes halogenated alkanes) is 16. The lowest BCUT2D eigenvalue weighted by Crippen LogP contribution is -2.34. The Kier molecular flexibility index (Phi) is 75.4. The normalized spacial score (nSPS) is 15.3. The Morgan fingerprint density at radius 3 is 0.704 bits per heavy atom. The first kappa shape index (κ1) is 123. The molecule has 32 heteroatoms. The lowest BCUT2D eigenvalue weighted by molar-refractivity contribution is -0.164. The molecule has 32 nitrogen and oxygen atoms in total. The monoisotopic (exact) mass is 1790 g/mol. The number of hydrogen-bond acceptors (Lipinski definition) is 26. The molecule has 2 aliphatic carbocycles. The van der Waals surface area contributed by atoms with Crippen LogP contribution in [0.5, 0.6) is 0 Å². The van der Waals surface area contributed by atoms with Gasteiger partial charge in [-0.05, 0) is 196 Å². The average molecular weight is 1790 g/mol. The van der Waals surface area contributed by atoms with Gasteiger partial charge in [0.2, 0.25) is 0 Å². The number of carbonyl (C=O) groups is 16. The number of aliphatic carboxylic acids is 6. The molecule has 0 aliphatic heterocycles. The standard InChI is InChI=1S/C19H34O6.C18H32O6.C16H26O6.C15H24O6.C13H24O4.C12H22O4/c1-4-19(2,3)18(23)25-15-10-6-5-9-13-17(22)24-14-11-7-8-12-16(20)21;1-3-15(2)18(22)24-14-9-5-4-8-12-17(21)23-13-10-6-7-11-16(19)20;1-4-16(2,3)15(20)22-10-9-21-14(19)12-8-6-5-7-11(12)13(17)18;1-3-10(2)14(18)20-8-9-21-15(19)12-7-5-4-6-11(12)13(16)17;1-4-13(2,3)12(16)17-10-8-6-5-7-9-11(14)15;1-3-10(2)12(15)16-9-7-5-4-6-8-11(13)14/h4-15H2,1-3H3,(H,20,21);15H,3-14H2,1-2H3,(H,19,20);11-12H,4-10H2,1-3H3,(H,17,18);10-12H,3-9H2,1-2H3,(H,16,17);4-10H2,1-3H3,(H,14,15);10H,3-9H2,1-2H3,(H,13,14). The molecule has 0 bridgehead atoms. The number of ether oxygens (including phenoxy) is 10. The molecule has 0 heterocycles. The van der Waals surface area contributed by atoms with Gasteiger partial charge in [-0.25, -0.2) is 0 Å². The first-order valence-corrected chi connectivity index (χ1v) is 46.0. The van der Waals surface area contributed by atoms with E-state index < -0.39 is 87.7 Å². The predicted molar refractivity (Wildman–Crippen MR) is 466 cm³/mol. The van der Waals surface area contributed by atoms with E-state index in [2.05, 4.69) is 0 Å². The predicted octanol–water partition coefficient (Wildman–Crippen LogP) is 17.8. The van der Waals surface area contributed by atoms with E-state index in [0.717, 1.165) is 154 Å². The van der Waals surface area contributed by atoms with Gasteiger partial charge in [0.15, 0.2) is 0 Å². The maximum absolute atomic E-state index is 12.0. The van der Waals surface area contributed by atoms with Gasteiger partial charge in [-0.1, -0.05) is 139 Å². The van der Waals surface area contributed by atoms with Gasteiger partial charge in [0.05, 0.1) is 97.3 Å². The molecule has 0 saturated heterocycles. The topological polar surface area (TPSA) is 487 Å². The van der Waals surface area contributed by atoms with Crippen molar-refractivity contribution in [1.82, 2.24) is 0 Å². The Bertz CT molecular complexity index is 3030. The fourth-order valence-corrected chi connectivity index (χ4v) is 11.4. The largest absolute Gasteiger partial charge is 0.481 e. The summed E-state index contributed by atoms with van der Waals surface area (Å²) in [6.07, 6.45) is 29.1. The molecule has 2 aliphatic rings. The summed E-state index contributed by atoms with van der Waals surface area (Å²) >= 11 is 0. The Morgan fingerprint density at radius 2 is 0.456 bits per heavy atom. The molecule has 0 spiro atoms. The Balaban J connectivity index is -0.000000707. The molecule has 2 rings (SSSR count). The SMILES string of the molecule is CCC(C)(C)C(=O)OCCCCCCC(=O)O.CCC(C)(C)C(=O)OCCCCCCC(=O)OCCCCCC(=O)O.CCC(C)(C)C(=O)OCCOC(=O)C1CCCCC1C(=O)O.CCC(C)C(=O)OCCCCCCC(=O)O.CCC(C)C(=O)OCCCCCCC(=O)OCCCCCC(=O)O.CCC(C)C(=O)OCCOC(=O)C1CCCCC1C(=O)O. The summed E-state index contributed by atoms with van der Waals surface area (Å²) in [4.78, 5) is 179. The van der Waals surface area contributed by atoms with Crippen LogP contribution in [0.25, 0.3) is 0 Å². The summed E-state index contributed by atoms with van der Waals surface area (Å²) in [6.45, 7) is 30.7. The number of carboxylic acid groups (broad SMARTS) is 6.